The van der Waals surface area contributed by atoms with Crippen molar-refractivity contribution in [3.05, 3.63) is 115 Å². The minimum absolute atomic E-state index is 0. The molecule has 1 unspecified atom stereocenters. The van der Waals surface area contributed by atoms with Gasteiger partial charge in [0.2, 0.25) is 0 Å². The van der Waals surface area contributed by atoms with Gasteiger partial charge in [0.25, 0.3) is 6.47 Å². The summed E-state index contributed by atoms with van der Waals surface area (Å²) in [5.74, 6) is -1.31. The van der Waals surface area contributed by atoms with E-state index in [1.165, 1.54) is 37.7 Å². The van der Waals surface area contributed by atoms with Gasteiger partial charge in [-0.15, -0.1) is 12.4 Å². The summed E-state index contributed by atoms with van der Waals surface area (Å²) in [6.45, 7) is 45.1. The van der Waals surface area contributed by atoms with E-state index in [4.69, 9.17) is 44.9 Å². The maximum Gasteiger partial charge on any atom is 1.00 e. The van der Waals surface area contributed by atoms with E-state index in [0.29, 0.717) is 32.0 Å². The van der Waals surface area contributed by atoms with Crippen molar-refractivity contribution in [2.75, 3.05) is 33.0 Å². The molecule has 0 spiro atoms. The van der Waals surface area contributed by atoms with Crippen molar-refractivity contribution in [3.63, 3.8) is 0 Å². The zero-order chi connectivity index (χ0) is 83.2. The van der Waals surface area contributed by atoms with Crippen LogP contribution in [0, 0.1) is 23.7 Å². The molecule has 1 fully saturated rings. The molecule has 7 atom stereocenters. The van der Waals surface area contributed by atoms with Crippen LogP contribution >= 0.6 is 12.4 Å². The molecule has 23 nitrogen and oxygen atoms in total. The third-order valence-electron chi connectivity index (χ3n) is 17.0. The number of aliphatic imine (C=N–C) groups is 1. The number of benzene rings is 3. The summed E-state index contributed by atoms with van der Waals surface area (Å²) >= 11 is 0. The largest absolute Gasteiger partial charge is 1.00 e. The third-order valence-corrected chi connectivity index (χ3v) is 17.0. The van der Waals surface area contributed by atoms with Gasteiger partial charge >= 0.3 is 97.5 Å². The molecule has 2 heterocycles. The number of cyclic esters (lactones) is 2. The number of rotatable bonds is 30. The number of morpholine rings is 1. The summed E-state index contributed by atoms with van der Waals surface area (Å²) in [5, 5.41) is 60.7. The predicted octanol–water partition coefficient (Wildman–Crippen LogP) is 8.54. The van der Waals surface area contributed by atoms with Crippen molar-refractivity contribution < 1.29 is 162 Å². The molecule has 2 aliphatic rings. The number of esters is 2. The number of ether oxygens (including phenoxy) is 5. The van der Waals surface area contributed by atoms with E-state index in [-0.39, 0.29) is 182 Å². The maximum absolute atomic E-state index is 11.9. The SMILES string of the molecule is C.CC(C)(C)OC(=O)OC(=O)OC(C)(C)C.CC1=N[C@H](c2ccccc2)COC1=O.CCCCC(C)(C)C(C)O.CCCCC(C)(C)C=O.CCCCC(C)(C)CO.CCCC[C@@](C)(N)CO.CCCC[C@@](C)(N[C@@H](CO)c1ccccc1)C(=O)O.CCCC[C@@]1(C)N[C@H](c2ccccc2)COC1=O.Cl.O=CO[O-].[B].[CH3-].[H-].[Li+].[Li+].[Na+]. The Kier molecular flexibility index (Phi) is 85.1. The molecule has 2 aliphatic heterocycles. The minimum Gasteiger partial charge on any atom is -1.00 e. The maximum atomic E-state index is 11.9. The number of hydrogen-bond acceptors (Lipinski definition) is 22. The van der Waals surface area contributed by atoms with Crippen LogP contribution < -0.4 is 88.9 Å². The molecule has 5 rings (SSSR count). The number of nitrogens with zero attached hydrogens (tertiary/aromatic N) is 1. The second-order valence-electron chi connectivity index (χ2n) is 32.0. The Morgan fingerprint density at radius 3 is 1.44 bits per heavy atom. The van der Waals surface area contributed by atoms with E-state index >= 15 is 0 Å². The van der Waals surface area contributed by atoms with Crippen molar-refractivity contribution in [2.24, 2.45) is 27.0 Å². The number of halogens is 1. The topological polar surface area (TPSA) is 362 Å². The first kappa shape index (κ1) is 133. The number of aldehydes is 1. The Balaban J connectivity index is -0.000000105. The van der Waals surface area contributed by atoms with Crippen LogP contribution in [-0.2, 0) is 52.5 Å². The van der Waals surface area contributed by atoms with Crippen molar-refractivity contribution in [2.45, 2.75) is 334 Å². The van der Waals surface area contributed by atoms with E-state index < -0.39 is 40.6 Å². The van der Waals surface area contributed by atoms with E-state index in [1.54, 1.807) is 55.4 Å². The molecule has 0 amide bonds. The van der Waals surface area contributed by atoms with Gasteiger partial charge in [0.1, 0.15) is 53.5 Å². The molecular weight excluding hydrogens is 1480 g/mol. The van der Waals surface area contributed by atoms with Gasteiger partial charge in [-0.25, -0.2) is 14.4 Å². The van der Waals surface area contributed by atoms with Gasteiger partial charge in [-0.2, -0.15) is 0 Å². The number of unbranched alkanes of at least 4 members (excludes halogenated alkanes) is 6. The molecule has 1 saturated heterocycles. The number of nitrogens with one attached hydrogen (secondary N) is 2. The zero-order valence-electron chi connectivity index (χ0n) is 75.8. The number of aliphatic carboxylic acids is 1. The van der Waals surface area contributed by atoms with Crippen LogP contribution in [-0.4, -0.2) is 150 Å². The number of hydrogen-bond donors (Lipinski definition) is 8. The smallest absolute Gasteiger partial charge is 1.00 e. The van der Waals surface area contributed by atoms with Crippen LogP contribution in [0.4, 0.5) is 9.59 Å². The average molecular weight is 1630 g/mol. The standard InChI is InChI=1S/C15H23NO3.C15H21NO2.C11H11NO2.C10H18O5.C9H20O.C8H18O.C8H16O.C7H17NO.CH2O3.CH4.CH3.B.ClH.2Li.Na.H/c1-3-4-10-15(2,14(18)19)16-13(11-17)12-8-6-5-7-9-12;1-3-4-10-15(2)14(17)18-11-13(16-15)12-8-6-5-7-9-12;1-8-11(13)14-7-10(12-8)9-5-3-2-4-6-9;1-9(2,3)14-7(11)13-8(12)15-10(4,5)6;1-5-6-7-9(3,4)8(2)10;2*1-4-5-6-8(2,3)7-9;1-3-4-5-7(2,8)6-9;2-1-4-3;;;;;;;;/h5-9,13,16-17H,3-4,10-11H2,1-2H3,(H,18,19);5-9,13,16H,3-4,10-11H2,1-2H3;2-6,10H,7H2,1H3;1-6H3;8,10H,5-7H2,1-4H3;9H,4-7H2,1-3H3;7H,4-6H2,1-3H3;9H,3-6,8H2,1-2H3;1,3H;1H4;1H3;;1H;;;;/q;;;;;;;;;;-1;;;3*+1;-1/p-1/t2*13-,15+;10-;;;;;7-;;;;;;;;;/m000....1........./s1. The van der Waals surface area contributed by atoms with Gasteiger partial charge in [-0.05, 0) is 142 Å². The monoisotopic (exact) mass is 1630 g/mol. The Morgan fingerprint density at radius 1 is 0.667 bits per heavy atom. The van der Waals surface area contributed by atoms with Crippen LogP contribution in [0.1, 0.15) is 318 Å². The van der Waals surface area contributed by atoms with E-state index in [9.17, 15) is 44.1 Å². The molecule has 114 heavy (non-hydrogen) atoms. The van der Waals surface area contributed by atoms with Crippen molar-refractivity contribution in [1.29, 1.82) is 0 Å². The molecule has 0 saturated carbocycles. The quantitative estimate of drug-likeness (QED) is 0.00453. The molecule has 0 aliphatic carbocycles. The fraction of sp³-hybridized carbons (Fsp3) is 0.686. The number of aliphatic hydroxyl groups is 4. The second kappa shape index (κ2) is 72.8. The molecule has 9 N–H and O–H groups in total. The Hall–Kier alpha value is -4.15. The molecule has 28 heteroatoms. The summed E-state index contributed by atoms with van der Waals surface area (Å²) in [7, 11) is 0. The predicted molar refractivity (Wildman–Crippen MR) is 451 cm³/mol. The fourth-order valence-corrected chi connectivity index (χ4v) is 9.41. The van der Waals surface area contributed by atoms with Gasteiger partial charge in [-0.1, -0.05) is 259 Å². The normalized spacial score (nSPS) is 16.0. The summed E-state index contributed by atoms with van der Waals surface area (Å²) in [6.07, 6.45) is 17.7. The molecule has 645 valence electrons. The minimum atomic E-state index is -1.06. The molecule has 0 aromatic heterocycles. The van der Waals surface area contributed by atoms with E-state index in [0.717, 1.165) is 94.5 Å². The Bertz CT molecular complexity index is 2840. The molecular formula is C86H154BClLi2N4NaO19. The summed E-state index contributed by atoms with van der Waals surface area (Å²) in [4.78, 5) is 82.3. The Morgan fingerprint density at radius 2 is 1.07 bits per heavy atom. The summed E-state index contributed by atoms with van der Waals surface area (Å²) in [5.41, 5.74) is 6.12. The number of carboxylic acid groups (broad SMARTS) is 1. The number of carbonyl (C=O) groups is 7. The number of carbonyl (C=O) groups excluding carboxylic acids is 6. The number of carboxylic acids is 1. The Labute approximate surface area is 745 Å². The van der Waals surface area contributed by atoms with Crippen LogP contribution in [0.2, 0.25) is 0 Å². The molecule has 0 bridgehead atoms. The van der Waals surface area contributed by atoms with Gasteiger partial charge < -0.3 is 78.7 Å². The van der Waals surface area contributed by atoms with Crippen molar-refractivity contribution in [1.82, 2.24) is 10.6 Å². The van der Waals surface area contributed by atoms with Gasteiger partial charge in [0.05, 0.1) is 31.4 Å². The van der Waals surface area contributed by atoms with E-state index in [1.807, 2.05) is 120 Å². The molecule has 3 aromatic carbocycles. The summed E-state index contributed by atoms with van der Waals surface area (Å²) < 4.78 is 24.1. The van der Waals surface area contributed by atoms with Crippen LogP contribution in [0.3, 0.4) is 0 Å². The van der Waals surface area contributed by atoms with Gasteiger partial charge in [0, 0.05) is 26.0 Å². The number of aliphatic hydroxyl groups excluding tert-OH is 4. The first-order valence-corrected chi connectivity index (χ1v) is 38.2. The molecule has 3 aromatic rings. The first-order valence-electron chi connectivity index (χ1n) is 38.2. The first-order chi connectivity index (χ1) is 49.7. The second-order valence-corrected chi connectivity index (χ2v) is 32.0. The van der Waals surface area contributed by atoms with Gasteiger partial charge in [0.15, 0.2) is 0 Å². The van der Waals surface area contributed by atoms with Crippen LogP contribution in [0.5, 0.6) is 0 Å². The van der Waals surface area contributed by atoms with Crippen molar-refractivity contribution in [3.8, 4) is 0 Å². The number of nitrogens with two attached hydrogens (primary N) is 1. The average Bonchev–Trinajstić information content (AvgIpc) is 0.775. The summed E-state index contributed by atoms with van der Waals surface area (Å²) in [6, 6.07) is 29.1. The van der Waals surface area contributed by atoms with Crippen molar-refractivity contribution >= 4 is 69.5 Å². The zero-order valence-corrected chi connectivity index (χ0v) is 77.7. The van der Waals surface area contributed by atoms with Gasteiger partial charge in [-0.3, -0.25) is 30.0 Å². The molecule has 3 radical (unpaired) electrons. The van der Waals surface area contributed by atoms with E-state index in [2.05, 4.69) is 99.7 Å². The fourth-order valence-electron chi connectivity index (χ4n) is 9.41. The van der Waals surface area contributed by atoms with Crippen LogP contribution in [0.25, 0.3) is 0 Å². The third kappa shape index (κ3) is 68.7. The van der Waals surface area contributed by atoms with Crippen LogP contribution in [0.15, 0.2) is 96.0 Å².